The van der Waals surface area contributed by atoms with Crippen LogP contribution < -0.4 is 0 Å². The van der Waals surface area contributed by atoms with E-state index in [0.29, 0.717) is 17.6 Å². The SMILES string of the molecule is c1ccc(-c2nc(-c3ccccc3)nc(-n3c4ccccc4c4ccc5c6cc7cccnc7cc6n(-c6ccccc6)c5c43)n2)cc1. The Labute approximate surface area is 275 Å². The molecule has 10 rings (SSSR count). The number of aromatic nitrogens is 6. The highest BCUT2D eigenvalue weighted by Crippen LogP contribution is 2.42. The summed E-state index contributed by atoms with van der Waals surface area (Å²) in [5.74, 6) is 1.81. The zero-order valence-corrected chi connectivity index (χ0v) is 25.7. The molecule has 0 amide bonds. The molecule has 4 aromatic heterocycles. The molecule has 0 aliphatic rings. The largest absolute Gasteiger partial charge is 0.307 e. The highest BCUT2D eigenvalue weighted by molar-refractivity contribution is 6.24. The summed E-state index contributed by atoms with van der Waals surface area (Å²) < 4.78 is 4.59. The first-order valence-corrected chi connectivity index (χ1v) is 16.0. The van der Waals surface area contributed by atoms with E-state index in [1.807, 2.05) is 72.9 Å². The van der Waals surface area contributed by atoms with Gasteiger partial charge in [0.2, 0.25) is 5.95 Å². The highest BCUT2D eigenvalue weighted by Gasteiger charge is 2.23. The van der Waals surface area contributed by atoms with E-state index in [0.717, 1.165) is 65.9 Å². The van der Waals surface area contributed by atoms with Crippen LogP contribution in [0.3, 0.4) is 0 Å². The maximum absolute atomic E-state index is 5.20. The highest BCUT2D eigenvalue weighted by atomic mass is 15.2. The number of hydrogen-bond acceptors (Lipinski definition) is 4. The van der Waals surface area contributed by atoms with Crippen molar-refractivity contribution in [3.05, 3.63) is 158 Å². The van der Waals surface area contributed by atoms with Gasteiger partial charge in [-0.1, -0.05) is 115 Å². The summed E-state index contributed by atoms with van der Waals surface area (Å²) >= 11 is 0. The summed E-state index contributed by atoms with van der Waals surface area (Å²) in [6.45, 7) is 0. The molecule has 0 spiro atoms. The molecule has 6 heteroatoms. The van der Waals surface area contributed by atoms with Gasteiger partial charge >= 0.3 is 0 Å². The Morgan fingerprint density at radius 2 is 1.02 bits per heavy atom. The van der Waals surface area contributed by atoms with Crippen LogP contribution in [0.2, 0.25) is 0 Å². The zero-order valence-electron chi connectivity index (χ0n) is 25.7. The van der Waals surface area contributed by atoms with Crippen LogP contribution in [-0.2, 0) is 0 Å². The smallest absolute Gasteiger partial charge is 0.238 e. The van der Waals surface area contributed by atoms with Gasteiger partial charge in [-0.05, 0) is 36.4 Å². The van der Waals surface area contributed by atoms with Gasteiger partial charge in [-0.3, -0.25) is 9.55 Å². The standard InChI is InChI=1S/C42H26N6/c1-4-13-27(14-5-1)40-44-41(28-15-6-2-7-16-28)46-42(45-40)48-36-21-11-10-20-31(36)32-22-23-33-34-25-29-17-12-24-43-35(29)26-37(34)47(38(33)39(32)48)30-18-8-3-9-19-30/h1-26H. The van der Waals surface area contributed by atoms with E-state index in [-0.39, 0.29) is 0 Å². The first-order chi connectivity index (χ1) is 23.8. The summed E-state index contributed by atoms with van der Waals surface area (Å²) in [4.78, 5) is 20.1. The molecular weight excluding hydrogens is 589 g/mol. The fourth-order valence-electron chi connectivity index (χ4n) is 7.06. The van der Waals surface area contributed by atoms with Gasteiger partial charge in [0.25, 0.3) is 0 Å². The predicted molar refractivity (Wildman–Crippen MR) is 195 cm³/mol. The molecule has 48 heavy (non-hydrogen) atoms. The maximum Gasteiger partial charge on any atom is 0.238 e. The maximum atomic E-state index is 5.20. The van der Waals surface area contributed by atoms with Gasteiger partial charge in [0.15, 0.2) is 11.6 Å². The lowest BCUT2D eigenvalue weighted by Crippen LogP contribution is -2.07. The third-order valence-electron chi connectivity index (χ3n) is 9.19. The molecule has 0 atom stereocenters. The molecule has 0 fully saturated rings. The number of benzene rings is 6. The minimum atomic E-state index is 0.568. The van der Waals surface area contributed by atoms with Crippen molar-refractivity contribution >= 4 is 54.5 Å². The number of rotatable bonds is 4. The van der Waals surface area contributed by atoms with Crippen molar-refractivity contribution in [2.75, 3.05) is 0 Å². The summed E-state index contributed by atoms with van der Waals surface area (Å²) in [7, 11) is 0. The third kappa shape index (κ3) is 3.99. The molecule has 0 saturated carbocycles. The summed E-state index contributed by atoms with van der Waals surface area (Å²) in [6.07, 6.45) is 1.86. The summed E-state index contributed by atoms with van der Waals surface area (Å²) in [5, 5.41) is 5.68. The number of nitrogens with zero attached hydrogens (tertiary/aromatic N) is 6. The average molecular weight is 615 g/mol. The van der Waals surface area contributed by atoms with E-state index >= 15 is 0 Å². The minimum absolute atomic E-state index is 0.568. The van der Waals surface area contributed by atoms with Crippen molar-refractivity contribution in [3.63, 3.8) is 0 Å². The normalized spacial score (nSPS) is 11.8. The molecule has 0 bridgehead atoms. The van der Waals surface area contributed by atoms with Gasteiger partial charge in [0, 0.05) is 49.9 Å². The second kappa shape index (κ2) is 10.4. The van der Waals surface area contributed by atoms with Gasteiger partial charge in [0.05, 0.1) is 27.6 Å². The molecule has 0 radical (unpaired) electrons. The van der Waals surface area contributed by atoms with Crippen molar-refractivity contribution in [2.24, 2.45) is 0 Å². The van der Waals surface area contributed by atoms with Crippen molar-refractivity contribution in [3.8, 4) is 34.4 Å². The lowest BCUT2D eigenvalue weighted by Gasteiger charge is -2.13. The summed E-state index contributed by atoms with van der Waals surface area (Å²) in [5.41, 5.74) is 8.14. The minimum Gasteiger partial charge on any atom is -0.307 e. The number of para-hydroxylation sites is 2. The fraction of sp³-hybridized carbons (Fsp3) is 0. The lowest BCUT2D eigenvalue weighted by molar-refractivity contribution is 0.953. The second-order valence-corrected chi connectivity index (χ2v) is 12.0. The van der Waals surface area contributed by atoms with Crippen molar-refractivity contribution in [1.29, 1.82) is 0 Å². The van der Waals surface area contributed by atoms with E-state index < -0.39 is 0 Å². The number of hydrogen-bond donors (Lipinski definition) is 0. The molecule has 224 valence electrons. The first kappa shape index (κ1) is 26.5. The molecule has 0 aliphatic carbocycles. The number of fused-ring (bicyclic) bond motifs is 8. The quantitative estimate of drug-likeness (QED) is 0.198. The Hall–Kier alpha value is -6.66. The van der Waals surface area contributed by atoms with Crippen molar-refractivity contribution in [1.82, 2.24) is 29.1 Å². The number of pyridine rings is 1. The van der Waals surface area contributed by atoms with E-state index in [2.05, 4.69) is 94.1 Å². The molecule has 6 aromatic carbocycles. The van der Waals surface area contributed by atoms with Crippen LogP contribution in [0, 0.1) is 0 Å². The van der Waals surface area contributed by atoms with Gasteiger partial charge < -0.3 is 4.57 Å². The van der Waals surface area contributed by atoms with E-state index in [1.54, 1.807) is 0 Å². The van der Waals surface area contributed by atoms with E-state index in [1.165, 1.54) is 5.39 Å². The van der Waals surface area contributed by atoms with Crippen LogP contribution in [0.25, 0.3) is 88.9 Å². The molecule has 4 heterocycles. The first-order valence-electron chi connectivity index (χ1n) is 16.0. The van der Waals surface area contributed by atoms with Crippen LogP contribution in [-0.4, -0.2) is 29.1 Å². The Bertz CT molecular complexity index is 2760. The van der Waals surface area contributed by atoms with Crippen molar-refractivity contribution in [2.45, 2.75) is 0 Å². The van der Waals surface area contributed by atoms with E-state index in [9.17, 15) is 0 Å². The van der Waals surface area contributed by atoms with Gasteiger partial charge in [-0.2, -0.15) is 9.97 Å². The molecular formula is C42H26N6. The Morgan fingerprint density at radius 1 is 0.417 bits per heavy atom. The van der Waals surface area contributed by atoms with E-state index in [4.69, 9.17) is 19.9 Å². The molecule has 0 saturated heterocycles. The molecule has 0 N–H and O–H groups in total. The van der Waals surface area contributed by atoms with Crippen LogP contribution >= 0.6 is 0 Å². The second-order valence-electron chi connectivity index (χ2n) is 12.0. The fourth-order valence-corrected chi connectivity index (χ4v) is 7.06. The van der Waals surface area contributed by atoms with Crippen LogP contribution in [0.4, 0.5) is 0 Å². The van der Waals surface area contributed by atoms with Gasteiger partial charge in [-0.15, -0.1) is 0 Å². The molecule has 6 nitrogen and oxygen atoms in total. The third-order valence-corrected chi connectivity index (χ3v) is 9.19. The van der Waals surface area contributed by atoms with Crippen molar-refractivity contribution < 1.29 is 0 Å². The van der Waals surface area contributed by atoms with Crippen LogP contribution in [0.15, 0.2) is 158 Å². The van der Waals surface area contributed by atoms with Gasteiger partial charge in [-0.25, -0.2) is 4.98 Å². The topological polar surface area (TPSA) is 61.4 Å². The molecule has 0 aliphatic heterocycles. The average Bonchev–Trinajstić information content (AvgIpc) is 3.67. The Balaban J connectivity index is 1.41. The predicted octanol–water partition coefficient (Wildman–Crippen LogP) is 9.95. The summed E-state index contributed by atoms with van der Waals surface area (Å²) in [6, 6.07) is 52.5. The van der Waals surface area contributed by atoms with Crippen LogP contribution in [0.5, 0.6) is 0 Å². The monoisotopic (exact) mass is 614 g/mol. The Morgan fingerprint density at radius 3 is 1.73 bits per heavy atom. The van der Waals surface area contributed by atoms with Gasteiger partial charge in [0.1, 0.15) is 0 Å². The molecule has 0 unspecified atom stereocenters. The lowest BCUT2D eigenvalue weighted by atomic mass is 10.1. The Kier molecular flexibility index (Phi) is 5.77. The molecule has 10 aromatic rings. The zero-order chi connectivity index (χ0) is 31.6. The van der Waals surface area contributed by atoms with Crippen LogP contribution in [0.1, 0.15) is 0 Å².